The number of hydrogen-bond acceptors (Lipinski definition) is 5. The molecule has 0 saturated heterocycles. The highest BCUT2D eigenvalue weighted by molar-refractivity contribution is 5.90. The molecule has 0 aliphatic heterocycles. The Bertz CT molecular complexity index is 1330. The normalized spacial score (nSPS) is 12.2. The van der Waals surface area contributed by atoms with Gasteiger partial charge in [0.15, 0.2) is 0 Å². The Kier molecular flexibility index (Phi) is 10.0. The van der Waals surface area contributed by atoms with Crippen molar-refractivity contribution in [1.82, 2.24) is 10.6 Å². The van der Waals surface area contributed by atoms with Gasteiger partial charge in [-0.15, -0.1) is 0 Å². The fraction of sp³-hybridized carbons (Fsp3) is 0.182. The van der Waals surface area contributed by atoms with Crippen LogP contribution in [0.3, 0.4) is 0 Å². The number of amides is 2. The van der Waals surface area contributed by atoms with Crippen molar-refractivity contribution in [3.8, 4) is 0 Å². The fourth-order valence-electron chi connectivity index (χ4n) is 4.52. The first-order valence-corrected chi connectivity index (χ1v) is 13.0. The van der Waals surface area contributed by atoms with Gasteiger partial charge in [-0.05, 0) is 22.3 Å². The number of esters is 1. The van der Waals surface area contributed by atoms with Crippen molar-refractivity contribution in [2.24, 2.45) is 0 Å². The quantitative estimate of drug-likeness (QED) is 0.263. The van der Waals surface area contributed by atoms with Crippen molar-refractivity contribution in [2.45, 2.75) is 31.0 Å². The Hall–Kier alpha value is -4.91. The van der Waals surface area contributed by atoms with Gasteiger partial charge in [0.1, 0.15) is 18.7 Å². The Labute approximate surface area is 234 Å². The molecule has 2 amide bonds. The summed E-state index contributed by atoms with van der Waals surface area (Å²) in [5.74, 6) is -1.66. The number of rotatable bonds is 11. The zero-order valence-corrected chi connectivity index (χ0v) is 22.2. The van der Waals surface area contributed by atoms with Crippen LogP contribution in [0, 0.1) is 0 Å². The SMILES string of the molecule is COC(=O)[C@@H](NC(=O)[C@H](Cc1ccccc1)NC(=O)OCc1ccccc1)C(c1ccccc1)c1ccccc1. The number of nitrogens with one attached hydrogen (secondary N) is 2. The van der Waals surface area contributed by atoms with Gasteiger partial charge >= 0.3 is 12.1 Å². The molecule has 0 saturated carbocycles. The largest absolute Gasteiger partial charge is 0.467 e. The zero-order chi connectivity index (χ0) is 28.2. The first kappa shape index (κ1) is 28.1. The molecule has 0 unspecified atom stereocenters. The van der Waals surface area contributed by atoms with Crippen molar-refractivity contribution in [3.05, 3.63) is 144 Å². The topological polar surface area (TPSA) is 93.7 Å². The van der Waals surface area contributed by atoms with E-state index < -0.39 is 36.0 Å². The summed E-state index contributed by atoms with van der Waals surface area (Å²) >= 11 is 0. The number of alkyl carbamates (subject to hydrolysis) is 1. The van der Waals surface area contributed by atoms with Crippen LogP contribution in [0.1, 0.15) is 28.2 Å². The molecule has 40 heavy (non-hydrogen) atoms. The van der Waals surface area contributed by atoms with Crippen LogP contribution in [-0.4, -0.2) is 37.2 Å². The molecule has 7 nitrogen and oxygen atoms in total. The summed E-state index contributed by atoms with van der Waals surface area (Å²) in [6.45, 7) is 0.0568. The van der Waals surface area contributed by atoms with Crippen molar-refractivity contribution in [1.29, 1.82) is 0 Å². The Morgan fingerprint density at radius 3 is 1.62 bits per heavy atom. The molecule has 4 aromatic rings. The summed E-state index contributed by atoms with van der Waals surface area (Å²) in [5.41, 5.74) is 3.32. The van der Waals surface area contributed by atoms with Crippen molar-refractivity contribution < 1.29 is 23.9 Å². The van der Waals surface area contributed by atoms with Crippen molar-refractivity contribution in [3.63, 3.8) is 0 Å². The number of carbonyl (C=O) groups excluding carboxylic acids is 3. The van der Waals surface area contributed by atoms with Gasteiger partial charge in [0, 0.05) is 12.3 Å². The minimum atomic E-state index is -1.05. The second-order valence-corrected chi connectivity index (χ2v) is 9.26. The summed E-state index contributed by atoms with van der Waals surface area (Å²) in [4.78, 5) is 39.7. The maximum Gasteiger partial charge on any atom is 0.408 e. The van der Waals surface area contributed by atoms with E-state index in [4.69, 9.17) is 9.47 Å². The third-order valence-corrected chi connectivity index (χ3v) is 6.51. The summed E-state index contributed by atoms with van der Waals surface area (Å²) in [6.07, 6.45) is -0.542. The number of carbonyl (C=O) groups is 3. The molecule has 2 atom stereocenters. The molecule has 0 spiro atoms. The summed E-state index contributed by atoms with van der Waals surface area (Å²) in [6, 6.07) is 35.4. The van der Waals surface area contributed by atoms with Crippen molar-refractivity contribution >= 4 is 18.0 Å². The number of ether oxygens (including phenoxy) is 2. The first-order chi connectivity index (χ1) is 19.5. The van der Waals surface area contributed by atoms with E-state index in [2.05, 4.69) is 10.6 Å². The minimum Gasteiger partial charge on any atom is -0.467 e. The molecule has 0 aliphatic carbocycles. The maximum atomic E-state index is 13.8. The van der Waals surface area contributed by atoms with Crippen LogP contribution in [0.2, 0.25) is 0 Å². The molecule has 4 aromatic carbocycles. The van der Waals surface area contributed by atoms with Crippen molar-refractivity contribution in [2.75, 3.05) is 7.11 Å². The maximum absolute atomic E-state index is 13.8. The lowest BCUT2D eigenvalue weighted by molar-refractivity contribution is -0.145. The van der Waals surface area contributed by atoms with Crippen LogP contribution < -0.4 is 10.6 Å². The highest BCUT2D eigenvalue weighted by Crippen LogP contribution is 2.29. The van der Waals surface area contributed by atoms with E-state index in [1.54, 1.807) is 0 Å². The molecule has 0 aliphatic rings. The van der Waals surface area contributed by atoms with Gasteiger partial charge in [0.05, 0.1) is 7.11 Å². The Balaban J connectivity index is 1.59. The van der Waals surface area contributed by atoms with E-state index in [1.165, 1.54) is 7.11 Å². The van der Waals surface area contributed by atoms with E-state index in [-0.39, 0.29) is 13.0 Å². The van der Waals surface area contributed by atoms with E-state index in [0.717, 1.165) is 22.3 Å². The predicted molar refractivity (Wildman–Crippen MR) is 152 cm³/mol. The van der Waals surface area contributed by atoms with Gasteiger partial charge in [-0.25, -0.2) is 9.59 Å². The van der Waals surface area contributed by atoms with E-state index in [9.17, 15) is 14.4 Å². The lowest BCUT2D eigenvalue weighted by atomic mass is 9.84. The van der Waals surface area contributed by atoms with Crippen LogP contribution in [0.4, 0.5) is 4.79 Å². The lowest BCUT2D eigenvalue weighted by Gasteiger charge is -2.29. The molecular formula is C33H32N2O5. The minimum absolute atomic E-state index is 0.0568. The molecule has 0 fully saturated rings. The van der Waals surface area contributed by atoms with Crippen LogP contribution in [0.5, 0.6) is 0 Å². The number of benzene rings is 4. The first-order valence-electron chi connectivity index (χ1n) is 13.0. The third-order valence-electron chi connectivity index (χ3n) is 6.51. The van der Waals surface area contributed by atoms with Gasteiger partial charge in [-0.3, -0.25) is 4.79 Å². The van der Waals surface area contributed by atoms with E-state index >= 15 is 0 Å². The molecular weight excluding hydrogens is 504 g/mol. The van der Waals surface area contributed by atoms with E-state index in [1.807, 2.05) is 121 Å². The third kappa shape index (κ3) is 7.80. The smallest absolute Gasteiger partial charge is 0.408 e. The average Bonchev–Trinajstić information content (AvgIpc) is 3.01. The molecule has 204 valence electrons. The fourth-order valence-corrected chi connectivity index (χ4v) is 4.52. The summed E-state index contributed by atoms with van der Waals surface area (Å²) in [5, 5.41) is 5.57. The second kappa shape index (κ2) is 14.3. The summed E-state index contributed by atoms with van der Waals surface area (Å²) in [7, 11) is 1.29. The van der Waals surface area contributed by atoms with E-state index in [0.29, 0.717) is 0 Å². The van der Waals surface area contributed by atoms with Gasteiger partial charge in [-0.2, -0.15) is 0 Å². The number of methoxy groups -OCH3 is 1. The standard InChI is InChI=1S/C33H32N2O5/c1-39-32(37)30(29(26-18-10-4-11-19-26)27-20-12-5-13-21-27)35-31(36)28(22-24-14-6-2-7-15-24)34-33(38)40-23-25-16-8-3-9-17-25/h2-21,28-30H,22-23H2,1H3,(H,34,38)(H,35,36)/t28-,30-/m0/s1. The lowest BCUT2D eigenvalue weighted by Crippen LogP contribution is -2.54. The molecule has 0 bridgehead atoms. The van der Waals surface area contributed by atoms with Crippen LogP contribution in [0.15, 0.2) is 121 Å². The average molecular weight is 537 g/mol. The van der Waals surface area contributed by atoms with Gasteiger partial charge in [0.2, 0.25) is 5.91 Å². The molecule has 2 N–H and O–H groups in total. The zero-order valence-electron chi connectivity index (χ0n) is 22.2. The highest BCUT2D eigenvalue weighted by Gasteiger charge is 2.35. The Morgan fingerprint density at radius 2 is 1.12 bits per heavy atom. The molecule has 7 heteroatoms. The summed E-state index contributed by atoms with van der Waals surface area (Å²) < 4.78 is 10.5. The second-order valence-electron chi connectivity index (χ2n) is 9.26. The molecule has 0 radical (unpaired) electrons. The van der Waals surface area contributed by atoms with Crippen LogP contribution >= 0.6 is 0 Å². The van der Waals surface area contributed by atoms with Crippen LogP contribution in [-0.2, 0) is 32.1 Å². The highest BCUT2D eigenvalue weighted by atomic mass is 16.5. The van der Waals surface area contributed by atoms with Gasteiger partial charge < -0.3 is 20.1 Å². The molecule has 0 heterocycles. The van der Waals surface area contributed by atoms with Gasteiger partial charge in [0.25, 0.3) is 0 Å². The van der Waals surface area contributed by atoms with Gasteiger partial charge in [-0.1, -0.05) is 121 Å². The molecule has 4 rings (SSSR count). The monoisotopic (exact) mass is 536 g/mol. The Morgan fingerprint density at radius 1 is 0.650 bits per heavy atom. The van der Waals surface area contributed by atoms with Crippen LogP contribution in [0.25, 0.3) is 0 Å². The number of hydrogen-bond donors (Lipinski definition) is 2. The molecule has 0 aromatic heterocycles. The predicted octanol–water partition coefficient (Wildman–Crippen LogP) is 5.01.